The largest absolute Gasteiger partial charge is 0.497 e. The third-order valence-corrected chi connectivity index (χ3v) is 2.82. The summed E-state index contributed by atoms with van der Waals surface area (Å²) in [5.74, 6) is 0.570. The number of methoxy groups -OCH3 is 1. The predicted molar refractivity (Wildman–Crippen MR) is 68.0 cm³/mol. The smallest absolute Gasteiger partial charge is 0.217 e. The van der Waals surface area contributed by atoms with Gasteiger partial charge in [0, 0.05) is 6.42 Å². The van der Waals surface area contributed by atoms with Crippen molar-refractivity contribution < 1.29 is 9.53 Å². The lowest BCUT2D eigenvalue weighted by molar-refractivity contribution is -0.117. The van der Waals surface area contributed by atoms with Crippen molar-refractivity contribution in [3.63, 3.8) is 0 Å². The van der Waals surface area contributed by atoms with Crippen molar-refractivity contribution in [2.24, 2.45) is 5.73 Å². The van der Waals surface area contributed by atoms with Gasteiger partial charge in [0.1, 0.15) is 5.75 Å². The lowest BCUT2D eigenvalue weighted by Crippen LogP contribution is -2.11. The fourth-order valence-electron chi connectivity index (χ4n) is 1.93. The van der Waals surface area contributed by atoms with Gasteiger partial charge >= 0.3 is 0 Å². The molecule has 0 unspecified atom stereocenters. The van der Waals surface area contributed by atoms with E-state index in [-0.39, 0.29) is 5.91 Å². The standard InChI is InChI=1S/C14H15NO2/c1-17-12-6-7-13-10(5-8-14(15)16)3-2-4-11(13)9-12/h2-4,6-7,9H,5,8H2,1H3,(H2,15,16). The Balaban J connectivity index is 2.39. The normalized spacial score (nSPS) is 10.4. The van der Waals surface area contributed by atoms with Gasteiger partial charge in [-0.1, -0.05) is 24.3 Å². The van der Waals surface area contributed by atoms with E-state index in [0.29, 0.717) is 12.8 Å². The van der Waals surface area contributed by atoms with Crippen molar-refractivity contribution in [3.05, 3.63) is 42.0 Å². The van der Waals surface area contributed by atoms with Crippen LogP contribution in [0.5, 0.6) is 5.75 Å². The molecule has 17 heavy (non-hydrogen) atoms. The minimum Gasteiger partial charge on any atom is -0.497 e. The molecule has 3 nitrogen and oxygen atoms in total. The number of rotatable bonds is 4. The molecule has 2 rings (SSSR count). The molecule has 0 aromatic heterocycles. The van der Waals surface area contributed by atoms with Gasteiger partial charge in [0.25, 0.3) is 0 Å². The van der Waals surface area contributed by atoms with E-state index >= 15 is 0 Å². The first-order valence-electron chi connectivity index (χ1n) is 5.54. The maximum atomic E-state index is 10.8. The van der Waals surface area contributed by atoms with Gasteiger partial charge in [-0.05, 0) is 34.9 Å². The summed E-state index contributed by atoms with van der Waals surface area (Å²) in [7, 11) is 1.65. The highest BCUT2D eigenvalue weighted by atomic mass is 16.5. The molecule has 0 aliphatic heterocycles. The molecule has 2 aromatic carbocycles. The Hall–Kier alpha value is -2.03. The highest BCUT2D eigenvalue weighted by Crippen LogP contribution is 2.24. The first kappa shape index (κ1) is 11.5. The first-order chi connectivity index (χ1) is 8.20. The minimum absolute atomic E-state index is 0.268. The van der Waals surface area contributed by atoms with Crippen molar-refractivity contribution in [2.75, 3.05) is 7.11 Å². The zero-order valence-corrected chi connectivity index (χ0v) is 9.77. The highest BCUT2D eigenvalue weighted by Gasteiger charge is 2.03. The fourth-order valence-corrected chi connectivity index (χ4v) is 1.93. The van der Waals surface area contributed by atoms with Crippen molar-refractivity contribution >= 4 is 16.7 Å². The number of aryl methyl sites for hydroxylation is 1. The number of hydrogen-bond acceptors (Lipinski definition) is 2. The number of carbonyl (C=O) groups excluding carboxylic acids is 1. The first-order valence-corrected chi connectivity index (χ1v) is 5.54. The van der Waals surface area contributed by atoms with E-state index < -0.39 is 0 Å². The van der Waals surface area contributed by atoms with Crippen LogP contribution in [0, 0.1) is 0 Å². The maximum Gasteiger partial charge on any atom is 0.217 e. The van der Waals surface area contributed by atoms with Gasteiger partial charge in [-0.2, -0.15) is 0 Å². The predicted octanol–water partition coefficient (Wildman–Crippen LogP) is 2.27. The van der Waals surface area contributed by atoms with Gasteiger partial charge in [-0.3, -0.25) is 4.79 Å². The molecule has 0 aliphatic rings. The highest BCUT2D eigenvalue weighted by molar-refractivity contribution is 5.87. The molecule has 0 saturated heterocycles. The second kappa shape index (κ2) is 4.87. The number of fused-ring (bicyclic) bond motifs is 1. The zero-order chi connectivity index (χ0) is 12.3. The third kappa shape index (κ3) is 2.56. The topological polar surface area (TPSA) is 52.3 Å². The second-order valence-electron chi connectivity index (χ2n) is 3.97. The number of carbonyl (C=O) groups is 1. The van der Waals surface area contributed by atoms with E-state index in [4.69, 9.17) is 10.5 Å². The molecule has 0 saturated carbocycles. The molecule has 1 amide bonds. The van der Waals surface area contributed by atoms with E-state index in [0.717, 1.165) is 22.1 Å². The molecular formula is C14H15NO2. The van der Waals surface area contributed by atoms with Gasteiger partial charge in [-0.15, -0.1) is 0 Å². The molecule has 0 radical (unpaired) electrons. The van der Waals surface area contributed by atoms with E-state index in [1.165, 1.54) is 0 Å². The lowest BCUT2D eigenvalue weighted by atomic mass is 10.0. The van der Waals surface area contributed by atoms with Crippen LogP contribution < -0.4 is 10.5 Å². The quantitative estimate of drug-likeness (QED) is 0.874. The van der Waals surface area contributed by atoms with Crippen LogP contribution in [-0.4, -0.2) is 13.0 Å². The van der Waals surface area contributed by atoms with Crippen LogP contribution in [0.15, 0.2) is 36.4 Å². The Morgan fingerprint density at radius 2 is 2.12 bits per heavy atom. The van der Waals surface area contributed by atoms with Crippen LogP contribution >= 0.6 is 0 Å². The summed E-state index contributed by atoms with van der Waals surface area (Å²) < 4.78 is 5.19. The van der Waals surface area contributed by atoms with Crippen molar-refractivity contribution in [3.8, 4) is 5.75 Å². The summed E-state index contributed by atoms with van der Waals surface area (Å²) >= 11 is 0. The van der Waals surface area contributed by atoms with Crippen LogP contribution in [0.25, 0.3) is 10.8 Å². The Bertz CT molecular complexity index is 549. The van der Waals surface area contributed by atoms with E-state index in [2.05, 4.69) is 0 Å². The summed E-state index contributed by atoms with van der Waals surface area (Å²) in [6, 6.07) is 12.0. The van der Waals surface area contributed by atoms with Crippen LogP contribution in [0.1, 0.15) is 12.0 Å². The molecular weight excluding hydrogens is 214 g/mol. The Labute approximate surface area is 100 Å². The summed E-state index contributed by atoms with van der Waals surface area (Å²) in [5.41, 5.74) is 6.31. The molecule has 0 bridgehead atoms. The van der Waals surface area contributed by atoms with E-state index in [1.54, 1.807) is 7.11 Å². The molecule has 0 spiro atoms. The number of primary amides is 1. The van der Waals surface area contributed by atoms with Crippen LogP contribution in [0.3, 0.4) is 0 Å². The molecule has 3 heteroatoms. The number of amides is 1. The van der Waals surface area contributed by atoms with Crippen molar-refractivity contribution in [2.45, 2.75) is 12.8 Å². The van der Waals surface area contributed by atoms with Gasteiger partial charge in [-0.25, -0.2) is 0 Å². The maximum absolute atomic E-state index is 10.8. The van der Waals surface area contributed by atoms with E-state index in [1.807, 2.05) is 36.4 Å². The Kier molecular flexibility index (Phi) is 3.28. The number of nitrogens with two attached hydrogens (primary N) is 1. The van der Waals surface area contributed by atoms with Gasteiger partial charge in [0.15, 0.2) is 0 Å². The van der Waals surface area contributed by atoms with Gasteiger partial charge in [0.2, 0.25) is 5.91 Å². The van der Waals surface area contributed by atoms with Crippen molar-refractivity contribution in [1.29, 1.82) is 0 Å². The number of benzene rings is 2. The van der Waals surface area contributed by atoms with Crippen LogP contribution in [0.4, 0.5) is 0 Å². The summed E-state index contributed by atoms with van der Waals surface area (Å²) in [6.07, 6.45) is 1.06. The molecule has 88 valence electrons. The third-order valence-electron chi connectivity index (χ3n) is 2.82. The summed E-state index contributed by atoms with van der Waals surface area (Å²) in [4.78, 5) is 10.8. The molecule has 2 N–H and O–H groups in total. The number of ether oxygens (including phenoxy) is 1. The monoisotopic (exact) mass is 229 g/mol. The molecule has 0 atom stereocenters. The van der Waals surface area contributed by atoms with E-state index in [9.17, 15) is 4.79 Å². The SMILES string of the molecule is COc1ccc2c(CCC(N)=O)cccc2c1. The van der Waals surface area contributed by atoms with Crippen LogP contribution in [0.2, 0.25) is 0 Å². The zero-order valence-electron chi connectivity index (χ0n) is 9.77. The molecule has 0 aliphatic carbocycles. The second-order valence-corrected chi connectivity index (χ2v) is 3.97. The lowest BCUT2D eigenvalue weighted by Gasteiger charge is -2.07. The molecule has 0 fully saturated rings. The Morgan fingerprint density at radius 1 is 1.29 bits per heavy atom. The average Bonchev–Trinajstić information content (AvgIpc) is 2.35. The van der Waals surface area contributed by atoms with Gasteiger partial charge in [0.05, 0.1) is 7.11 Å². The average molecular weight is 229 g/mol. The molecule has 0 heterocycles. The Morgan fingerprint density at radius 3 is 2.82 bits per heavy atom. The van der Waals surface area contributed by atoms with Crippen molar-refractivity contribution in [1.82, 2.24) is 0 Å². The molecule has 2 aromatic rings. The van der Waals surface area contributed by atoms with Crippen LogP contribution in [-0.2, 0) is 11.2 Å². The summed E-state index contributed by atoms with van der Waals surface area (Å²) in [5, 5.41) is 2.26. The number of hydrogen-bond donors (Lipinski definition) is 1. The van der Waals surface area contributed by atoms with Gasteiger partial charge < -0.3 is 10.5 Å². The summed E-state index contributed by atoms with van der Waals surface area (Å²) in [6.45, 7) is 0. The minimum atomic E-state index is -0.268. The fraction of sp³-hybridized carbons (Fsp3) is 0.214.